The van der Waals surface area contributed by atoms with Gasteiger partial charge in [0.15, 0.2) is 0 Å². The first kappa shape index (κ1) is 23.1. The second-order valence-electron chi connectivity index (χ2n) is 7.15. The van der Waals surface area contributed by atoms with Crippen LogP contribution in [0.25, 0.3) is 10.6 Å². The maximum absolute atomic E-state index is 12.8. The van der Waals surface area contributed by atoms with E-state index in [4.69, 9.17) is 0 Å². The Bertz CT molecular complexity index is 1350. The fourth-order valence-corrected chi connectivity index (χ4v) is 5.21. The molecule has 1 aliphatic rings. The van der Waals surface area contributed by atoms with E-state index < -0.39 is 22.1 Å². The predicted octanol–water partition coefficient (Wildman–Crippen LogP) is 2.40. The summed E-state index contributed by atoms with van der Waals surface area (Å²) in [6.45, 7) is -0.325. The molecule has 4 rings (SSSR count). The number of nitrogens with one attached hydrogen (secondary N) is 1. The molecular weight excluding hydrogens is 481 g/mol. The molecule has 0 fully saturated rings. The van der Waals surface area contributed by atoms with Crippen molar-refractivity contribution in [3.8, 4) is 10.6 Å². The summed E-state index contributed by atoms with van der Waals surface area (Å²) in [4.78, 5) is 24.9. The highest BCUT2D eigenvalue weighted by atomic mass is 32.2. The van der Waals surface area contributed by atoms with Crippen molar-refractivity contribution in [3.63, 3.8) is 0 Å². The van der Waals surface area contributed by atoms with Crippen LogP contribution < -0.4 is 15.2 Å². The summed E-state index contributed by atoms with van der Waals surface area (Å²) in [5.41, 5.74) is 0.569. The summed E-state index contributed by atoms with van der Waals surface area (Å²) >= 11 is 1.45. The molecule has 0 saturated heterocycles. The number of thiophene rings is 1. The van der Waals surface area contributed by atoms with Crippen molar-refractivity contribution in [2.45, 2.75) is 24.0 Å². The summed E-state index contributed by atoms with van der Waals surface area (Å²) in [6, 6.07) is 10.2. The van der Waals surface area contributed by atoms with Gasteiger partial charge in [-0.15, -0.1) is 11.3 Å². The number of nitrogens with zero attached hydrogens (tertiary/aromatic N) is 3. The monoisotopic (exact) mass is 498 g/mol. The van der Waals surface area contributed by atoms with Crippen LogP contribution in [0, 0.1) is 0 Å². The minimum absolute atomic E-state index is 0.0178. The van der Waals surface area contributed by atoms with Crippen molar-refractivity contribution >= 4 is 33.0 Å². The Morgan fingerprint density at radius 2 is 1.97 bits per heavy atom. The predicted molar refractivity (Wildman–Crippen MR) is 116 cm³/mol. The number of hydrogen-bond acceptors (Lipinski definition) is 6. The molecule has 3 heterocycles. The lowest BCUT2D eigenvalue weighted by Gasteiger charge is -2.19. The number of sulfonamides is 1. The van der Waals surface area contributed by atoms with Gasteiger partial charge >= 0.3 is 12.1 Å². The average molecular weight is 499 g/mol. The Labute approximate surface area is 190 Å². The summed E-state index contributed by atoms with van der Waals surface area (Å²) in [6.07, 6.45) is -4.91. The molecule has 0 atom stereocenters. The number of fused-ring (bicyclic) bond motifs is 1. The van der Waals surface area contributed by atoms with Crippen LogP contribution in [0.4, 0.5) is 18.9 Å². The van der Waals surface area contributed by atoms with E-state index in [1.54, 1.807) is 6.07 Å². The van der Waals surface area contributed by atoms with E-state index in [-0.39, 0.29) is 42.2 Å². The molecular formula is C20H17F3N4O4S2. The van der Waals surface area contributed by atoms with Crippen LogP contribution in [0.2, 0.25) is 0 Å². The van der Waals surface area contributed by atoms with Crippen LogP contribution in [0.15, 0.2) is 57.5 Å². The van der Waals surface area contributed by atoms with Gasteiger partial charge < -0.3 is 4.90 Å². The van der Waals surface area contributed by atoms with E-state index in [9.17, 15) is 31.2 Å². The molecule has 0 saturated carbocycles. The van der Waals surface area contributed by atoms with Gasteiger partial charge in [-0.2, -0.15) is 18.3 Å². The van der Waals surface area contributed by atoms with Gasteiger partial charge in [0.05, 0.1) is 16.3 Å². The highest BCUT2D eigenvalue weighted by Gasteiger charge is 2.44. The lowest BCUT2D eigenvalue weighted by atomic mass is 10.2. The summed E-state index contributed by atoms with van der Waals surface area (Å²) in [7, 11) is -4.00. The Morgan fingerprint density at radius 1 is 1.18 bits per heavy atom. The largest absolute Gasteiger partial charge is 0.471 e. The summed E-state index contributed by atoms with van der Waals surface area (Å²) in [5, 5.41) is 6.12. The molecule has 0 aliphatic carbocycles. The average Bonchev–Trinajstić information content (AvgIpc) is 3.43. The molecule has 1 aromatic carbocycles. The second kappa shape index (κ2) is 8.72. The van der Waals surface area contributed by atoms with Gasteiger partial charge in [0.2, 0.25) is 10.0 Å². The Morgan fingerprint density at radius 3 is 2.67 bits per heavy atom. The highest BCUT2D eigenvalue weighted by Crippen LogP contribution is 2.33. The third kappa shape index (κ3) is 4.84. The number of amides is 1. The van der Waals surface area contributed by atoms with Gasteiger partial charge in [-0.05, 0) is 47.7 Å². The van der Waals surface area contributed by atoms with Crippen LogP contribution in [0.5, 0.6) is 0 Å². The standard InChI is InChI=1S/C20H17F3N4O4S2/c21-20(22,23)19(29)26-9-7-13-12-14(3-5-16(13)26)33(30,31)24-8-10-27-18(28)6-4-15(25-27)17-2-1-11-32-17/h1-6,11-12,24H,7-10H2. The highest BCUT2D eigenvalue weighted by molar-refractivity contribution is 7.89. The number of anilines is 1. The van der Waals surface area contributed by atoms with Gasteiger partial charge in [-0.3, -0.25) is 9.59 Å². The Kier molecular flexibility index (Phi) is 6.12. The quantitative estimate of drug-likeness (QED) is 0.563. The van der Waals surface area contributed by atoms with Crippen LogP contribution in [-0.2, 0) is 27.8 Å². The number of hydrogen-bond donors (Lipinski definition) is 1. The number of carbonyl (C=O) groups is 1. The fraction of sp³-hybridized carbons (Fsp3) is 0.250. The van der Waals surface area contributed by atoms with E-state index in [0.29, 0.717) is 16.2 Å². The number of benzene rings is 1. The molecule has 1 aliphatic heterocycles. The van der Waals surface area contributed by atoms with Crippen molar-refractivity contribution in [2.75, 3.05) is 18.0 Å². The molecule has 33 heavy (non-hydrogen) atoms. The number of carbonyl (C=O) groups excluding carboxylic acids is 1. The topological polar surface area (TPSA) is 101 Å². The smallest absolute Gasteiger partial charge is 0.304 e. The first-order chi connectivity index (χ1) is 15.6. The third-order valence-electron chi connectivity index (χ3n) is 5.00. The van der Waals surface area contributed by atoms with Gasteiger partial charge in [0.25, 0.3) is 5.56 Å². The minimum Gasteiger partial charge on any atom is -0.304 e. The zero-order valence-electron chi connectivity index (χ0n) is 16.9. The van der Waals surface area contributed by atoms with Gasteiger partial charge in [0, 0.05) is 24.8 Å². The van der Waals surface area contributed by atoms with Gasteiger partial charge in [-0.25, -0.2) is 17.8 Å². The SMILES string of the molecule is O=C(N1CCc2cc(S(=O)(=O)NCCn3nc(-c4cccs4)ccc3=O)ccc21)C(F)(F)F. The van der Waals surface area contributed by atoms with Crippen molar-refractivity contribution < 1.29 is 26.4 Å². The van der Waals surface area contributed by atoms with Crippen molar-refractivity contribution in [2.24, 2.45) is 0 Å². The molecule has 2 aromatic heterocycles. The summed E-state index contributed by atoms with van der Waals surface area (Å²) < 4.78 is 67.1. The van der Waals surface area contributed by atoms with E-state index in [2.05, 4.69) is 9.82 Å². The molecule has 0 spiro atoms. The minimum atomic E-state index is -5.01. The molecule has 8 nitrogen and oxygen atoms in total. The normalized spacial score (nSPS) is 13.8. The zero-order valence-corrected chi connectivity index (χ0v) is 18.5. The molecule has 1 amide bonds. The first-order valence-corrected chi connectivity index (χ1v) is 12.1. The number of aromatic nitrogens is 2. The number of alkyl halides is 3. The van der Waals surface area contributed by atoms with Gasteiger partial charge in [0.1, 0.15) is 5.69 Å². The van der Waals surface area contributed by atoms with Gasteiger partial charge in [-0.1, -0.05) is 6.07 Å². The molecule has 0 unspecified atom stereocenters. The van der Waals surface area contributed by atoms with Crippen LogP contribution >= 0.6 is 11.3 Å². The third-order valence-corrected chi connectivity index (χ3v) is 7.35. The number of halogens is 3. The van der Waals surface area contributed by atoms with Crippen LogP contribution in [0.1, 0.15) is 5.56 Å². The maximum Gasteiger partial charge on any atom is 0.471 e. The lowest BCUT2D eigenvalue weighted by Crippen LogP contribution is -2.40. The molecule has 0 radical (unpaired) electrons. The van der Waals surface area contributed by atoms with E-state index in [1.807, 2.05) is 17.5 Å². The Balaban J connectivity index is 1.46. The van der Waals surface area contributed by atoms with E-state index >= 15 is 0 Å². The van der Waals surface area contributed by atoms with E-state index in [1.165, 1.54) is 29.5 Å². The molecule has 3 aromatic rings. The van der Waals surface area contributed by atoms with Crippen LogP contribution in [-0.4, -0.2) is 43.4 Å². The second-order valence-corrected chi connectivity index (χ2v) is 9.86. The van der Waals surface area contributed by atoms with Crippen molar-refractivity contribution in [1.29, 1.82) is 0 Å². The first-order valence-electron chi connectivity index (χ1n) is 9.69. The molecule has 1 N–H and O–H groups in total. The fourth-order valence-electron chi connectivity index (χ4n) is 3.44. The zero-order chi connectivity index (χ0) is 23.8. The molecule has 0 bridgehead atoms. The van der Waals surface area contributed by atoms with Crippen molar-refractivity contribution in [3.05, 3.63) is 63.8 Å². The number of rotatable bonds is 6. The molecule has 13 heteroatoms. The van der Waals surface area contributed by atoms with Crippen LogP contribution in [0.3, 0.4) is 0 Å². The van der Waals surface area contributed by atoms with Crippen molar-refractivity contribution in [1.82, 2.24) is 14.5 Å². The van der Waals surface area contributed by atoms with E-state index in [0.717, 1.165) is 15.6 Å². The molecule has 174 valence electrons. The Hall–Kier alpha value is -3.03. The maximum atomic E-state index is 12.8. The summed E-state index contributed by atoms with van der Waals surface area (Å²) in [5.74, 6) is -1.99. The lowest BCUT2D eigenvalue weighted by molar-refractivity contribution is -0.170.